The summed E-state index contributed by atoms with van der Waals surface area (Å²) in [4.78, 5) is 51.1. The largest absolute Gasteiger partial charge is 0.490 e. The van der Waals surface area contributed by atoms with Crippen LogP contribution in [0.2, 0.25) is 0 Å². The zero-order valence-corrected chi connectivity index (χ0v) is 20.7. The number of esters is 1. The van der Waals surface area contributed by atoms with Crippen LogP contribution < -0.4 is 19.7 Å². The molecule has 1 fully saturated rings. The Hall–Kier alpha value is -4.40. The van der Waals surface area contributed by atoms with Crippen LogP contribution in [0, 0.1) is 13.8 Å². The normalized spacial score (nSPS) is 14.5. The van der Waals surface area contributed by atoms with Gasteiger partial charge in [0.25, 0.3) is 11.8 Å². The first-order valence-corrected chi connectivity index (χ1v) is 11.3. The van der Waals surface area contributed by atoms with Gasteiger partial charge in [-0.15, -0.1) is 6.58 Å². The molecule has 0 atom stereocenters. The van der Waals surface area contributed by atoms with E-state index in [1.165, 1.54) is 13.2 Å². The molecule has 1 aliphatic heterocycles. The summed E-state index contributed by atoms with van der Waals surface area (Å²) < 4.78 is 16.0. The molecule has 3 rings (SSSR count). The summed E-state index contributed by atoms with van der Waals surface area (Å²) in [6, 6.07) is 7.77. The van der Waals surface area contributed by atoms with Crippen LogP contribution in [-0.4, -0.2) is 44.1 Å². The first-order chi connectivity index (χ1) is 17.2. The number of aryl methyl sites for hydroxylation is 2. The number of hydrogen-bond donors (Lipinski definition) is 1. The van der Waals surface area contributed by atoms with Crippen molar-refractivity contribution in [2.75, 3.05) is 25.2 Å². The van der Waals surface area contributed by atoms with Gasteiger partial charge in [-0.25, -0.2) is 14.5 Å². The van der Waals surface area contributed by atoms with Gasteiger partial charge in [-0.1, -0.05) is 12.1 Å². The van der Waals surface area contributed by atoms with E-state index in [-0.39, 0.29) is 12.2 Å². The van der Waals surface area contributed by atoms with Gasteiger partial charge in [0.05, 0.1) is 19.4 Å². The van der Waals surface area contributed by atoms with E-state index in [4.69, 9.17) is 9.47 Å². The van der Waals surface area contributed by atoms with E-state index < -0.39 is 23.8 Å². The number of urea groups is 1. The minimum Gasteiger partial charge on any atom is -0.490 e. The Bertz CT molecular complexity index is 1240. The summed E-state index contributed by atoms with van der Waals surface area (Å²) in [6.45, 7) is 9.22. The second-order valence-electron chi connectivity index (χ2n) is 8.10. The maximum Gasteiger partial charge on any atom is 0.343 e. The fourth-order valence-corrected chi connectivity index (χ4v) is 3.83. The molecule has 4 amide bonds. The van der Waals surface area contributed by atoms with Crippen LogP contribution in [0.1, 0.15) is 29.2 Å². The molecule has 1 aliphatic rings. The molecule has 2 aromatic rings. The lowest BCUT2D eigenvalue weighted by molar-refractivity contribution is -0.143. The molecule has 9 nitrogen and oxygen atoms in total. The van der Waals surface area contributed by atoms with Gasteiger partial charge in [-0.3, -0.25) is 14.9 Å². The molecule has 0 spiro atoms. The number of nitrogens with one attached hydrogen (secondary N) is 1. The topological polar surface area (TPSA) is 111 Å². The molecular weight excluding hydrogens is 464 g/mol. The molecule has 0 unspecified atom stereocenters. The maximum absolute atomic E-state index is 13.3. The van der Waals surface area contributed by atoms with Crippen molar-refractivity contribution in [3.8, 4) is 11.5 Å². The Balaban J connectivity index is 2.07. The Morgan fingerprint density at radius 1 is 1.06 bits per heavy atom. The fraction of sp³-hybridized carbons (Fsp3) is 0.259. The van der Waals surface area contributed by atoms with Gasteiger partial charge < -0.3 is 14.2 Å². The smallest absolute Gasteiger partial charge is 0.343 e. The fourth-order valence-electron chi connectivity index (χ4n) is 3.83. The second kappa shape index (κ2) is 11.4. The summed E-state index contributed by atoms with van der Waals surface area (Å²) in [5, 5.41) is 2.23. The number of carbonyl (C=O) groups excluding carboxylic acids is 4. The first kappa shape index (κ1) is 26.2. The molecule has 188 valence electrons. The van der Waals surface area contributed by atoms with Crippen LogP contribution in [0.15, 0.2) is 48.6 Å². The molecular formula is C27H28N2O7. The van der Waals surface area contributed by atoms with Crippen molar-refractivity contribution in [1.82, 2.24) is 5.32 Å². The van der Waals surface area contributed by atoms with Crippen molar-refractivity contribution in [3.63, 3.8) is 0 Å². The van der Waals surface area contributed by atoms with E-state index in [0.29, 0.717) is 41.3 Å². The molecule has 0 bridgehead atoms. The standard InChI is InChI=1S/C27H28N2O7/c1-6-8-19-12-18(14-22(35-7-2)24(19)36-15-23(30)34-5)13-21-25(31)28-27(33)29(26(21)32)20-10-16(3)9-17(4)11-20/h6,9-14H,1,7-8,15H2,2-5H3,(H,28,31,33). The summed E-state index contributed by atoms with van der Waals surface area (Å²) in [5.74, 6) is -1.47. The van der Waals surface area contributed by atoms with Crippen LogP contribution in [-0.2, 0) is 25.5 Å². The Morgan fingerprint density at radius 3 is 2.36 bits per heavy atom. The molecule has 1 N–H and O–H groups in total. The summed E-state index contributed by atoms with van der Waals surface area (Å²) in [6.07, 6.45) is 3.39. The molecule has 9 heteroatoms. The zero-order chi connectivity index (χ0) is 26.4. The highest BCUT2D eigenvalue weighted by Gasteiger charge is 2.37. The molecule has 0 aromatic heterocycles. The van der Waals surface area contributed by atoms with Crippen LogP contribution in [0.5, 0.6) is 11.5 Å². The van der Waals surface area contributed by atoms with Gasteiger partial charge in [0.15, 0.2) is 18.1 Å². The predicted octanol–water partition coefficient (Wildman–Crippen LogP) is 3.65. The van der Waals surface area contributed by atoms with Crippen LogP contribution >= 0.6 is 0 Å². The number of amides is 4. The Labute approximate surface area is 209 Å². The van der Waals surface area contributed by atoms with Crippen molar-refractivity contribution >= 4 is 35.6 Å². The van der Waals surface area contributed by atoms with Crippen LogP contribution in [0.4, 0.5) is 10.5 Å². The van der Waals surface area contributed by atoms with E-state index in [0.717, 1.165) is 16.0 Å². The third-order valence-corrected chi connectivity index (χ3v) is 5.26. The number of hydrogen-bond acceptors (Lipinski definition) is 7. The zero-order valence-electron chi connectivity index (χ0n) is 20.7. The van der Waals surface area contributed by atoms with Crippen molar-refractivity contribution in [2.24, 2.45) is 0 Å². The third kappa shape index (κ3) is 5.80. The molecule has 2 aromatic carbocycles. The Morgan fingerprint density at radius 2 is 1.75 bits per heavy atom. The van der Waals surface area contributed by atoms with Crippen molar-refractivity contribution in [1.29, 1.82) is 0 Å². The molecule has 0 radical (unpaired) electrons. The number of nitrogens with zero attached hydrogens (tertiary/aromatic N) is 1. The van der Waals surface area contributed by atoms with Crippen LogP contribution in [0.3, 0.4) is 0 Å². The highest BCUT2D eigenvalue weighted by Crippen LogP contribution is 2.35. The molecule has 0 aliphatic carbocycles. The van der Waals surface area contributed by atoms with E-state index in [1.807, 2.05) is 19.9 Å². The lowest BCUT2D eigenvalue weighted by Gasteiger charge is -2.27. The quantitative estimate of drug-likeness (QED) is 0.246. The van der Waals surface area contributed by atoms with E-state index in [2.05, 4.69) is 16.6 Å². The highest BCUT2D eigenvalue weighted by molar-refractivity contribution is 6.39. The number of anilines is 1. The van der Waals surface area contributed by atoms with Gasteiger partial charge in [-0.2, -0.15) is 0 Å². The summed E-state index contributed by atoms with van der Waals surface area (Å²) in [5.41, 5.74) is 2.97. The van der Waals surface area contributed by atoms with E-state index in [1.54, 1.807) is 37.3 Å². The maximum atomic E-state index is 13.3. The number of carbonyl (C=O) groups is 4. The predicted molar refractivity (Wildman–Crippen MR) is 134 cm³/mol. The average Bonchev–Trinajstić information content (AvgIpc) is 2.80. The lowest BCUT2D eigenvalue weighted by atomic mass is 10.0. The van der Waals surface area contributed by atoms with Gasteiger partial charge in [0.2, 0.25) is 0 Å². The van der Waals surface area contributed by atoms with Gasteiger partial charge in [0.1, 0.15) is 5.57 Å². The number of benzene rings is 2. The minimum absolute atomic E-state index is 0.219. The van der Waals surface area contributed by atoms with Crippen molar-refractivity contribution in [3.05, 3.63) is 70.8 Å². The summed E-state index contributed by atoms with van der Waals surface area (Å²) in [7, 11) is 1.26. The lowest BCUT2D eigenvalue weighted by Crippen LogP contribution is -2.54. The third-order valence-electron chi connectivity index (χ3n) is 5.26. The highest BCUT2D eigenvalue weighted by atomic mass is 16.6. The number of barbiturate groups is 1. The average molecular weight is 493 g/mol. The molecule has 0 saturated carbocycles. The van der Waals surface area contributed by atoms with Crippen LogP contribution in [0.25, 0.3) is 6.08 Å². The molecule has 36 heavy (non-hydrogen) atoms. The van der Waals surface area contributed by atoms with E-state index >= 15 is 0 Å². The Kier molecular flexibility index (Phi) is 8.26. The summed E-state index contributed by atoms with van der Waals surface area (Å²) >= 11 is 0. The molecule has 1 saturated heterocycles. The number of imide groups is 2. The SMILES string of the molecule is C=CCc1cc(C=C2C(=O)NC(=O)N(c3cc(C)cc(C)c3)C2=O)cc(OCC)c1OCC(=O)OC. The number of rotatable bonds is 9. The van der Waals surface area contributed by atoms with Gasteiger partial charge >= 0.3 is 12.0 Å². The monoisotopic (exact) mass is 492 g/mol. The van der Waals surface area contributed by atoms with Gasteiger partial charge in [-0.05, 0) is 74.2 Å². The molecule has 1 heterocycles. The van der Waals surface area contributed by atoms with Crippen molar-refractivity contribution in [2.45, 2.75) is 27.2 Å². The minimum atomic E-state index is -0.818. The number of methoxy groups -OCH3 is 1. The second-order valence-corrected chi connectivity index (χ2v) is 8.10. The van der Waals surface area contributed by atoms with E-state index in [9.17, 15) is 19.2 Å². The first-order valence-electron chi connectivity index (χ1n) is 11.3. The number of allylic oxidation sites excluding steroid dienone is 1. The van der Waals surface area contributed by atoms with Gasteiger partial charge in [0, 0.05) is 5.56 Å². The number of ether oxygens (including phenoxy) is 3. The van der Waals surface area contributed by atoms with Crippen molar-refractivity contribution < 1.29 is 33.4 Å².